The van der Waals surface area contributed by atoms with Crippen LogP contribution in [0.3, 0.4) is 0 Å². The van der Waals surface area contributed by atoms with Gasteiger partial charge in [0.15, 0.2) is 0 Å². The number of nitrogens with zero attached hydrogens (tertiary/aromatic N) is 2. The molecule has 1 N–H and O–H groups in total. The van der Waals surface area contributed by atoms with Gasteiger partial charge in [-0.2, -0.15) is 0 Å². The highest BCUT2D eigenvalue weighted by Gasteiger charge is 2.09. The van der Waals surface area contributed by atoms with Gasteiger partial charge in [-0.05, 0) is 24.1 Å². The Morgan fingerprint density at radius 1 is 1.15 bits per heavy atom. The Morgan fingerprint density at radius 3 is 2.50 bits per heavy atom. The molecule has 106 valence electrons. The van der Waals surface area contributed by atoms with E-state index in [-0.39, 0.29) is 0 Å². The minimum atomic E-state index is 0.469. The summed E-state index contributed by atoms with van der Waals surface area (Å²) in [5.74, 6) is 2.28. The van der Waals surface area contributed by atoms with Crippen LogP contribution >= 0.6 is 0 Å². The van der Waals surface area contributed by atoms with Crippen molar-refractivity contribution in [1.29, 1.82) is 0 Å². The molecular weight excluding hydrogens is 254 g/mol. The fourth-order valence-electron chi connectivity index (χ4n) is 1.93. The zero-order valence-corrected chi connectivity index (χ0v) is 12.0. The number of nitrogens with one attached hydrogen (secondary N) is 1. The number of ether oxygens (including phenoxy) is 2. The molecule has 0 saturated heterocycles. The Hall–Kier alpha value is -2.30. The second kappa shape index (κ2) is 6.75. The predicted molar refractivity (Wildman–Crippen MR) is 78.3 cm³/mol. The topological polar surface area (TPSA) is 56.3 Å². The molecule has 5 nitrogen and oxygen atoms in total. The van der Waals surface area contributed by atoms with Gasteiger partial charge in [-0.3, -0.25) is 0 Å². The van der Waals surface area contributed by atoms with Gasteiger partial charge in [-0.15, -0.1) is 0 Å². The maximum Gasteiger partial charge on any atom is 0.222 e. The molecule has 1 aromatic carbocycles. The van der Waals surface area contributed by atoms with Crippen molar-refractivity contribution in [2.24, 2.45) is 0 Å². The van der Waals surface area contributed by atoms with E-state index in [2.05, 4.69) is 22.2 Å². The van der Waals surface area contributed by atoms with Crippen LogP contribution in [0.15, 0.2) is 30.6 Å². The number of anilines is 1. The standard InChI is InChI=1S/C15H19N3O2/c1-4-13-14(16-2)17-10-18-15(13)20-9-11-5-7-12(19-3)8-6-11/h5-8,10H,4,9H2,1-3H3,(H,16,17,18). The van der Waals surface area contributed by atoms with E-state index < -0.39 is 0 Å². The van der Waals surface area contributed by atoms with Gasteiger partial charge in [0.25, 0.3) is 0 Å². The van der Waals surface area contributed by atoms with Crippen LogP contribution in [0.5, 0.6) is 11.6 Å². The number of hydrogen-bond acceptors (Lipinski definition) is 5. The summed E-state index contributed by atoms with van der Waals surface area (Å²) >= 11 is 0. The Bertz CT molecular complexity index is 556. The SMILES string of the molecule is CCc1c(NC)ncnc1OCc1ccc(OC)cc1. The number of methoxy groups -OCH3 is 1. The fraction of sp³-hybridized carbons (Fsp3) is 0.333. The van der Waals surface area contributed by atoms with E-state index in [1.807, 2.05) is 31.3 Å². The Balaban J connectivity index is 2.10. The highest BCUT2D eigenvalue weighted by atomic mass is 16.5. The van der Waals surface area contributed by atoms with Gasteiger partial charge in [-0.25, -0.2) is 9.97 Å². The van der Waals surface area contributed by atoms with Gasteiger partial charge in [-0.1, -0.05) is 19.1 Å². The van der Waals surface area contributed by atoms with Gasteiger partial charge in [0.2, 0.25) is 5.88 Å². The molecule has 0 radical (unpaired) electrons. The molecule has 1 heterocycles. The van der Waals surface area contributed by atoms with Crippen LogP contribution in [0.1, 0.15) is 18.1 Å². The lowest BCUT2D eigenvalue weighted by molar-refractivity contribution is 0.290. The average molecular weight is 273 g/mol. The largest absolute Gasteiger partial charge is 0.497 e. The van der Waals surface area contributed by atoms with Crippen molar-refractivity contribution >= 4 is 5.82 Å². The molecule has 0 atom stereocenters. The first kappa shape index (κ1) is 14.1. The van der Waals surface area contributed by atoms with Crippen molar-refractivity contribution in [3.8, 4) is 11.6 Å². The number of benzene rings is 1. The van der Waals surface area contributed by atoms with Gasteiger partial charge >= 0.3 is 0 Å². The van der Waals surface area contributed by atoms with Gasteiger partial charge in [0.05, 0.1) is 12.7 Å². The molecule has 0 bridgehead atoms. The second-order valence-electron chi connectivity index (χ2n) is 4.25. The van der Waals surface area contributed by atoms with E-state index in [0.717, 1.165) is 29.1 Å². The molecule has 1 aromatic heterocycles. The molecule has 2 rings (SSSR count). The highest BCUT2D eigenvalue weighted by Crippen LogP contribution is 2.23. The lowest BCUT2D eigenvalue weighted by atomic mass is 10.2. The molecule has 0 aliphatic carbocycles. The molecule has 20 heavy (non-hydrogen) atoms. The molecule has 0 amide bonds. The van der Waals surface area contributed by atoms with E-state index in [9.17, 15) is 0 Å². The summed E-state index contributed by atoms with van der Waals surface area (Å²) in [4.78, 5) is 8.40. The molecule has 5 heteroatoms. The smallest absolute Gasteiger partial charge is 0.222 e. The van der Waals surface area contributed by atoms with E-state index in [0.29, 0.717) is 12.5 Å². The minimum absolute atomic E-state index is 0.469. The third-order valence-electron chi connectivity index (χ3n) is 3.03. The molecular formula is C15H19N3O2. The molecule has 0 saturated carbocycles. The summed E-state index contributed by atoms with van der Waals surface area (Å²) in [7, 11) is 3.49. The number of rotatable bonds is 6. The summed E-state index contributed by atoms with van der Waals surface area (Å²) in [5.41, 5.74) is 2.06. The van der Waals surface area contributed by atoms with E-state index in [4.69, 9.17) is 9.47 Å². The highest BCUT2D eigenvalue weighted by molar-refractivity contribution is 5.48. The first-order chi connectivity index (χ1) is 9.78. The van der Waals surface area contributed by atoms with Crippen LogP contribution in [-0.2, 0) is 13.0 Å². The molecule has 0 aliphatic heterocycles. The first-order valence-electron chi connectivity index (χ1n) is 6.55. The van der Waals surface area contributed by atoms with Crippen molar-refractivity contribution in [3.05, 3.63) is 41.7 Å². The van der Waals surface area contributed by atoms with Crippen molar-refractivity contribution in [2.75, 3.05) is 19.5 Å². The van der Waals surface area contributed by atoms with Crippen molar-refractivity contribution in [1.82, 2.24) is 9.97 Å². The van der Waals surface area contributed by atoms with Crippen LogP contribution in [0, 0.1) is 0 Å². The van der Waals surface area contributed by atoms with Gasteiger partial charge in [0, 0.05) is 7.05 Å². The first-order valence-corrected chi connectivity index (χ1v) is 6.55. The van der Waals surface area contributed by atoms with Crippen LogP contribution < -0.4 is 14.8 Å². The quantitative estimate of drug-likeness (QED) is 0.877. The van der Waals surface area contributed by atoms with Crippen molar-refractivity contribution < 1.29 is 9.47 Å². The molecule has 0 spiro atoms. The summed E-state index contributed by atoms with van der Waals surface area (Å²) in [6, 6.07) is 7.78. The van der Waals surface area contributed by atoms with Gasteiger partial charge in [0.1, 0.15) is 24.5 Å². The Morgan fingerprint density at radius 2 is 1.90 bits per heavy atom. The molecule has 0 unspecified atom stereocenters. The van der Waals surface area contributed by atoms with Crippen molar-refractivity contribution in [3.63, 3.8) is 0 Å². The van der Waals surface area contributed by atoms with Crippen molar-refractivity contribution in [2.45, 2.75) is 20.0 Å². The summed E-state index contributed by atoms with van der Waals surface area (Å²) < 4.78 is 10.9. The maximum absolute atomic E-state index is 5.80. The second-order valence-corrected chi connectivity index (χ2v) is 4.25. The van der Waals surface area contributed by atoms with Gasteiger partial charge < -0.3 is 14.8 Å². The van der Waals surface area contributed by atoms with E-state index in [1.165, 1.54) is 6.33 Å². The third-order valence-corrected chi connectivity index (χ3v) is 3.03. The number of aromatic nitrogens is 2. The Kier molecular flexibility index (Phi) is 4.76. The summed E-state index contributed by atoms with van der Waals surface area (Å²) in [6.45, 7) is 2.52. The van der Waals surface area contributed by atoms with Crippen LogP contribution in [0.4, 0.5) is 5.82 Å². The average Bonchev–Trinajstić information content (AvgIpc) is 2.52. The third kappa shape index (κ3) is 3.17. The Labute approximate surface area is 119 Å². The lowest BCUT2D eigenvalue weighted by Crippen LogP contribution is -2.05. The van der Waals surface area contributed by atoms with Crippen LogP contribution in [0.2, 0.25) is 0 Å². The maximum atomic E-state index is 5.80. The zero-order valence-electron chi connectivity index (χ0n) is 12.0. The normalized spacial score (nSPS) is 10.2. The molecule has 0 aliphatic rings. The molecule has 0 fully saturated rings. The minimum Gasteiger partial charge on any atom is -0.497 e. The summed E-state index contributed by atoms with van der Waals surface area (Å²) in [6.07, 6.45) is 2.32. The van der Waals surface area contributed by atoms with Crippen LogP contribution in [-0.4, -0.2) is 24.1 Å². The number of hydrogen-bond donors (Lipinski definition) is 1. The predicted octanol–water partition coefficient (Wildman–Crippen LogP) is 2.67. The fourth-order valence-corrected chi connectivity index (χ4v) is 1.93. The summed E-state index contributed by atoms with van der Waals surface area (Å²) in [5, 5.41) is 3.05. The zero-order chi connectivity index (χ0) is 14.4. The monoisotopic (exact) mass is 273 g/mol. The van der Waals surface area contributed by atoms with E-state index >= 15 is 0 Å². The lowest BCUT2D eigenvalue weighted by Gasteiger charge is -2.12. The van der Waals surface area contributed by atoms with E-state index in [1.54, 1.807) is 7.11 Å². The molecule has 2 aromatic rings. The van der Waals surface area contributed by atoms with Crippen LogP contribution in [0.25, 0.3) is 0 Å².